The van der Waals surface area contributed by atoms with Crippen LogP contribution in [-0.2, 0) is 9.84 Å². The fraction of sp³-hybridized carbons (Fsp3) is 0.333. The summed E-state index contributed by atoms with van der Waals surface area (Å²) in [5.74, 6) is 1.01. The van der Waals surface area contributed by atoms with Crippen molar-refractivity contribution < 1.29 is 13.2 Å². The minimum atomic E-state index is -3.19. The summed E-state index contributed by atoms with van der Waals surface area (Å²) >= 11 is 0. The molecular formula is C21H23NO3S. The van der Waals surface area contributed by atoms with E-state index in [-0.39, 0.29) is 11.4 Å². The lowest BCUT2D eigenvalue weighted by Crippen LogP contribution is -2.46. The minimum Gasteiger partial charge on any atom is -0.482 e. The zero-order valence-corrected chi connectivity index (χ0v) is 15.7. The van der Waals surface area contributed by atoms with Gasteiger partial charge < -0.3 is 10.1 Å². The Kier molecular flexibility index (Phi) is 4.37. The molecule has 2 aromatic carbocycles. The van der Waals surface area contributed by atoms with Crippen molar-refractivity contribution in [1.82, 2.24) is 5.32 Å². The van der Waals surface area contributed by atoms with Crippen molar-refractivity contribution in [3.8, 4) is 5.75 Å². The predicted octanol–water partition coefficient (Wildman–Crippen LogP) is 3.43. The van der Waals surface area contributed by atoms with E-state index in [2.05, 4.69) is 17.5 Å². The highest BCUT2D eigenvalue weighted by molar-refractivity contribution is 7.91. The van der Waals surface area contributed by atoms with Gasteiger partial charge in [-0.2, -0.15) is 0 Å². The first kappa shape index (κ1) is 17.3. The first-order valence-electron chi connectivity index (χ1n) is 9.08. The first-order chi connectivity index (χ1) is 12.5. The van der Waals surface area contributed by atoms with Crippen LogP contribution in [0.25, 0.3) is 5.57 Å². The lowest BCUT2D eigenvalue weighted by Gasteiger charge is -2.40. The fourth-order valence-electron chi connectivity index (χ4n) is 3.71. The van der Waals surface area contributed by atoms with Gasteiger partial charge in [0.05, 0.1) is 10.6 Å². The van der Waals surface area contributed by atoms with Crippen molar-refractivity contribution in [2.24, 2.45) is 0 Å². The number of fused-ring (bicyclic) bond motifs is 1. The van der Waals surface area contributed by atoms with E-state index in [1.165, 1.54) is 0 Å². The second-order valence-electron chi connectivity index (χ2n) is 6.90. The molecule has 0 atom stereocenters. The van der Waals surface area contributed by atoms with Crippen molar-refractivity contribution in [3.05, 3.63) is 65.7 Å². The van der Waals surface area contributed by atoms with E-state index >= 15 is 0 Å². The number of benzene rings is 2. The number of nitrogens with one attached hydrogen (secondary N) is 1. The van der Waals surface area contributed by atoms with Crippen molar-refractivity contribution in [3.63, 3.8) is 0 Å². The number of hydrogen-bond donors (Lipinski definition) is 1. The van der Waals surface area contributed by atoms with Gasteiger partial charge in [0.15, 0.2) is 9.84 Å². The third-order valence-electron chi connectivity index (χ3n) is 5.25. The van der Waals surface area contributed by atoms with Crippen LogP contribution in [0.5, 0.6) is 5.75 Å². The molecular weight excluding hydrogens is 346 g/mol. The number of ether oxygens (including phenoxy) is 1. The van der Waals surface area contributed by atoms with Crippen LogP contribution in [0.1, 0.15) is 30.9 Å². The summed E-state index contributed by atoms with van der Waals surface area (Å²) in [5, 5.41) is 3.39. The summed E-state index contributed by atoms with van der Waals surface area (Å²) in [5.41, 5.74) is 2.91. The van der Waals surface area contributed by atoms with Crippen LogP contribution < -0.4 is 10.1 Å². The van der Waals surface area contributed by atoms with E-state index in [0.717, 1.165) is 48.4 Å². The molecule has 0 saturated carbocycles. The molecule has 4 nitrogen and oxygen atoms in total. The van der Waals surface area contributed by atoms with Crippen LogP contribution in [0.3, 0.4) is 0 Å². The Morgan fingerprint density at radius 2 is 1.73 bits per heavy atom. The standard InChI is InChI=1S/C21H23NO3S/c1-2-26(23,24)17-9-7-16(8-10-17)19-15-21(11-13-22-14-12-21)25-20-6-4-3-5-18(19)20/h3-10,15,22H,2,11-14H2,1H3. The molecule has 1 saturated heterocycles. The summed E-state index contributed by atoms with van der Waals surface area (Å²) in [6.45, 7) is 3.53. The zero-order valence-electron chi connectivity index (χ0n) is 14.9. The molecule has 0 bridgehead atoms. The zero-order chi connectivity index (χ0) is 18.2. The molecule has 5 heteroatoms. The molecule has 2 heterocycles. The highest BCUT2D eigenvalue weighted by Gasteiger charge is 2.36. The van der Waals surface area contributed by atoms with Crippen LogP contribution in [0.4, 0.5) is 0 Å². The summed E-state index contributed by atoms with van der Waals surface area (Å²) in [6, 6.07) is 15.3. The Balaban J connectivity index is 1.79. The molecule has 0 radical (unpaired) electrons. The molecule has 1 fully saturated rings. The van der Waals surface area contributed by atoms with Crippen LogP contribution in [-0.4, -0.2) is 32.9 Å². The van der Waals surface area contributed by atoms with Crippen molar-refractivity contribution >= 4 is 15.4 Å². The van der Waals surface area contributed by atoms with Gasteiger partial charge in [0, 0.05) is 18.4 Å². The van der Waals surface area contributed by atoms with Gasteiger partial charge in [-0.05, 0) is 48.5 Å². The topological polar surface area (TPSA) is 55.4 Å². The van der Waals surface area contributed by atoms with Gasteiger partial charge >= 0.3 is 0 Å². The van der Waals surface area contributed by atoms with Gasteiger partial charge in [0.2, 0.25) is 0 Å². The molecule has 0 amide bonds. The molecule has 26 heavy (non-hydrogen) atoms. The van der Waals surface area contributed by atoms with Gasteiger partial charge in [0.1, 0.15) is 11.4 Å². The van der Waals surface area contributed by atoms with Gasteiger partial charge in [-0.15, -0.1) is 0 Å². The average molecular weight is 369 g/mol. The number of para-hydroxylation sites is 1. The number of piperidine rings is 1. The summed E-state index contributed by atoms with van der Waals surface area (Å²) in [7, 11) is -3.19. The molecule has 2 aliphatic rings. The van der Waals surface area contributed by atoms with E-state index < -0.39 is 9.84 Å². The quantitative estimate of drug-likeness (QED) is 0.901. The van der Waals surface area contributed by atoms with Gasteiger partial charge in [-0.1, -0.05) is 37.3 Å². The van der Waals surface area contributed by atoms with Crippen molar-refractivity contribution in [1.29, 1.82) is 0 Å². The lowest BCUT2D eigenvalue weighted by atomic mass is 9.83. The second kappa shape index (κ2) is 6.56. The highest BCUT2D eigenvalue weighted by Crippen LogP contribution is 2.42. The largest absolute Gasteiger partial charge is 0.482 e. The number of sulfone groups is 1. The molecule has 1 spiro atoms. The lowest BCUT2D eigenvalue weighted by molar-refractivity contribution is 0.0817. The second-order valence-corrected chi connectivity index (χ2v) is 9.18. The smallest absolute Gasteiger partial charge is 0.178 e. The number of rotatable bonds is 3. The van der Waals surface area contributed by atoms with Crippen LogP contribution in [0, 0.1) is 0 Å². The van der Waals surface area contributed by atoms with E-state index in [1.54, 1.807) is 19.1 Å². The molecule has 0 unspecified atom stereocenters. The van der Waals surface area contributed by atoms with E-state index in [0.29, 0.717) is 4.90 Å². The van der Waals surface area contributed by atoms with Gasteiger partial charge in [-0.25, -0.2) is 8.42 Å². The maximum absolute atomic E-state index is 12.1. The normalized spacial score (nSPS) is 18.7. The van der Waals surface area contributed by atoms with Crippen LogP contribution in [0.15, 0.2) is 59.5 Å². The third kappa shape index (κ3) is 3.06. The van der Waals surface area contributed by atoms with Gasteiger partial charge in [0.25, 0.3) is 0 Å². The monoisotopic (exact) mass is 369 g/mol. The van der Waals surface area contributed by atoms with Crippen molar-refractivity contribution in [2.45, 2.75) is 30.3 Å². The van der Waals surface area contributed by atoms with E-state index in [4.69, 9.17) is 4.74 Å². The molecule has 2 aliphatic heterocycles. The summed E-state index contributed by atoms with van der Waals surface area (Å²) in [4.78, 5) is 0.376. The SMILES string of the molecule is CCS(=O)(=O)c1ccc(C2=CC3(CCNCC3)Oc3ccccc32)cc1. The Hall–Kier alpha value is -2.11. The maximum atomic E-state index is 12.1. The molecule has 136 valence electrons. The molecule has 1 N–H and O–H groups in total. The van der Waals surface area contributed by atoms with Crippen LogP contribution in [0.2, 0.25) is 0 Å². The Morgan fingerprint density at radius 1 is 1.04 bits per heavy atom. The number of hydrogen-bond acceptors (Lipinski definition) is 4. The predicted molar refractivity (Wildman–Crippen MR) is 103 cm³/mol. The van der Waals surface area contributed by atoms with E-state index in [9.17, 15) is 8.42 Å². The summed E-state index contributed by atoms with van der Waals surface area (Å²) < 4.78 is 30.6. The molecule has 0 aromatic heterocycles. The fourth-order valence-corrected chi connectivity index (χ4v) is 4.60. The molecule has 2 aromatic rings. The van der Waals surface area contributed by atoms with Gasteiger partial charge in [-0.3, -0.25) is 0 Å². The third-order valence-corrected chi connectivity index (χ3v) is 7.00. The minimum absolute atomic E-state index is 0.113. The highest BCUT2D eigenvalue weighted by atomic mass is 32.2. The Morgan fingerprint density at radius 3 is 2.42 bits per heavy atom. The molecule has 0 aliphatic carbocycles. The Bertz CT molecular complexity index is 939. The molecule has 4 rings (SSSR count). The summed E-state index contributed by atoms with van der Waals surface area (Å²) in [6.07, 6.45) is 4.08. The Labute approximate surface area is 154 Å². The van der Waals surface area contributed by atoms with Crippen LogP contribution >= 0.6 is 0 Å². The van der Waals surface area contributed by atoms with Crippen molar-refractivity contribution in [2.75, 3.05) is 18.8 Å². The van der Waals surface area contributed by atoms with E-state index in [1.807, 2.05) is 30.3 Å². The maximum Gasteiger partial charge on any atom is 0.178 e. The first-order valence-corrected chi connectivity index (χ1v) is 10.7. The average Bonchev–Trinajstić information content (AvgIpc) is 2.68.